The number of carbonyl (C=O) groups is 1. The van der Waals surface area contributed by atoms with Gasteiger partial charge in [-0.3, -0.25) is 4.79 Å². The van der Waals surface area contributed by atoms with Gasteiger partial charge in [-0.15, -0.1) is 10.2 Å². The number of ketones is 1. The summed E-state index contributed by atoms with van der Waals surface area (Å²) in [6.07, 6.45) is 13.4. The van der Waals surface area contributed by atoms with E-state index in [1.54, 1.807) is 0 Å². The predicted molar refractivity (Wildman–Crippen MR) is 76.1 cm³/mol. The first kappa shape index (κ1) is 13.8. The highest BCUT2D eigenvalue weighted by molar-refractivity contribution is 6.52. The van der Waals surface area contributed by atoms with E-state index in [9.17, 15) is 4.79 Å². The smallest absolute Gasteiger partial charge is 0.211 e. The molecule has 0 radical (unpaired) electrons. The van der Waals surface area contributed by atoms with Crippen molar-refractivity contribution in [2.75, 3.05) is 0 Å². The molecule has 19 heavy (non-hydrogen) atoms. The largest absolute Gasteiger partial charge is 0.287 e. The van der Waals surface area contributed by atoms with Gasteiger partial charge < -0.3 is 0 Å². The Hall–Kier alpha value is -1.58. The molecule has 1 aliphatic heterocycles. The Kier molecular flexibility index (Phi) is 5.19. The zero-order valence-electron chi connectivity index (χ0n) is 11.6. The van der Waals surface area contributed by atoms with E-state index >= 15 is 0 Å². The number of carbonyl (C=O) groups excluding carboxylic acids is 1. The SMILES string of the molecule is CCCCCCCCCC1=CC=C2N=NN=C2C1=O. The lowest BCUT2D eigenvalue weighted by atomic mass is 9.94. The Balaban J connectivity index is 1.68. The summed E-state index contributed by atoms with van der Waals surface area (Å²) in [4.78, 5) is 12.1. The number of allylic oxidation sites excluding steroid dienone is 4. The molecule has 0 fully saturated rings. The van der Waals surface area contributed by atoms with Gasteiger partial charge in [0.25, 0.3) is 0 Å². The minimum Gasteiger partial charge on any atom is -0.287 e. The molecule has 0 bridgehead atoms. The number of fused-ring (bicyclic) bond motifs is 1. The average Bonchev–Trinajstić information content (AvgIpc) is 2.89. The van der Waals surface area contributed by atoms with Crippen LogP contribution in [-0.2, 0) is 4.79 Å². The van der Waals surface area contributed by atoms with Gasteiger partial charge in [0.1, 0.15) is 5.70 Å². The molecule has 2 aliphatic rings. The van der Waals surface area contributed by atoms with Crippen LogP contribution in [0.5, 0.6) is 0 Å². The van der Waals surface area contributed by atoms with Crippen LogP contribution >= 0.6 is 0 Å². The van der Waals surface area contributed by atoms with Crippen LogP contribution in [0.15, 0.2) is 38.9 Å². The van der Waals surface area contributed by atoms with Crippen molar-refractivity contribution in [3.63, 3.8) is 0 Å². The maximum atomic E-state index is 12.1. The van der Waals surface area contributed by atoms with Gasteiger partial charge in [0.15, 0.2) is 5.71 Å². The summed E-state index contributed by atoms with van der Waals surface area (Å²) in [7, 11) is 0. The Morgan fingerprint density at radius 1 is 1.00 bits per heavy atom. The van der Waals surface area contributed by atoms with Gasteiger partial charge in [-0.1, -0.05) is 51.5 Å². The molecule has 0 atom stereocenters. The monoisotopic (exact) mass is 259 g/mol. The Morgan fingerprint density at radius 3 is 2.53 bits per heavy atom. The molecule has 0 saturated carbocycles. The van der Waals surface area contributed by atoms with Crippen LogP contribution in [0.4, 0.5) is 0 Å². The molecule has 4 nitrogen and oxygen atoms in total. The maximum absolute atomic E-state index is 12.1. The molecule has 1 heterocycles. The maximum Gasteiger partial charge on any atom is 0.211 e. The number of hydrogen-bond donors (Lipinski definition) is 0. The first-order chi connectivity index (χ1) is 9.33. The van der Waals surface area contributed by atoms with Crippen LogP contribution in [0.3, 0.4) is 0 Å². The lowest BCUT2D eigenvalue weighted by molar-refractivity contribution is -0.109. The summed E-state index contributed by atoms with van der Waals surface area (Å²) in [5, 5.41) is 11.1. The molecular formula is C15H21N3O. The molecule has 0 unspecified atom stereocenters. The minimum atomic E-state index is 0.00785. The standard InChI is InChI=1S/C15H21N3O/c1-2-3-4-5-6-7-8-9-12-10-11-13-14(15(12)19)17-18-16-13/h10-11H,2-9H2,1H3. The summed E-state index contributed by atoms with van der Waals surface area (Å²) >= 11 is 0. The van der Waals surface area contributed by atoms with E-state index in [-0.39, 0.29) is 5.78 Å². The second-order valence-corrected chi connectivity index (χ2v) is 5.08. The molecule has 0 aromatic carbocycles. The third-order valence-electron chi connectivity index (χ3n) is 3.54. The Labute approximate surface area is 114 Å². The second-order valence-electron chi connectivity index (χ2n) is 5.08. The van der Waals surface area contributed by atoms with Crippen molar-refractivity contribution in [1.29, 1.82) is 0 Å². The fourth-order valence-corrected chi connectivity index (χ4v) is 2.36. The van der Waals surface area contributed by atoms with E-state index < -0.39 is 0 Å². The number of Topliss-reactive ketones (excluding diaryl/α,β-unsaturated/α-hetero) is 1. The zero-order valence-corrected chi connectivity index (χ0v) is 11.6. The Morgan fingerprint density at radius 2 is 1.74 bits per heavy atom. The molecule has 0 aromatic rings. The highest BCUT2D eigenvalue weighted by Gasteiger charge is 2.26. The van der Waals surface area contributed by atoms with E-state index in [0.29, 0.717) is 11.4 Å². The summed E-state index contributed by atoms with van der Waals surface area (Å²) in [5.74, 6) is 0.00785. The van der Waals surface area contributed by atoms with E-state index in [1.165, 1.54) is 38.5 Å². The molecule has 1 aliphatic carbocycles. The summed E-state index contributed by atoms with van der Waals surface area (Å²) in [6, 6.07) is 0. The average molecular weight is 259 g/mol. The highest BCUT2D eigenvalue weighted by atomic mass is 16.1. The molecule has 0 spiro atoms. The molecule has 0 aromatic heterocycles. The van der Waals surface area contributed by atoms with Crippen molar-refractivity contribution in [2.24, 2.45) is 15.4 Å². The van der Waals surface area contributed by atoms with Crippen LogP contribution in [0.25, 0.3) is 0 Å². The number of nitrogens with zero attached hydrogens (tertiary/aromatic N) is 3. The van der Waals surface area contributed by atoms with Crippen LogP contribution in [0, 0.1) is 0 Å². The fraction of sp³-hybridized carbons (Fsp3) is 0.600. The predicted octanol–water partition coefficient (Wildman–Crippen LogP) is 4.34. The van der Waals surface area contributed by atoms with Crippen molar-refractivity contribution in [2.45, 2.75) is 58.3 Å². The van der Waals surface area contributed by atoms with Crippen LogP contribution in [0.1, 0.15) is 58.3 Å². The van der Waals surface area contributed by atoms with Gasteiger partial charge in [-0.25, -0.2) is 0 Å². The third kappa shape index (κ3) is 3.69. The van der Waals surface area contributed by atoms with Crippen LogP contribution in [0.2, 0.25) is 0 Å². The molecule has 0 N–H and O–H groups in total. The van der Waals surface area contributed by atoms with Gasteiger partial charge in [-0.05, 0) is 24.1 Å². The van der Waals surface area contributed by atoms with Gasteiger partial charge in [0.05, 0.1) is 0 Å². The lowest BCUT2D eigenvalue weighted by Crippen LogP contribution is -2.19. The number of unbranched alkanes of at least 4 members (excludes halogenated alkanes) is 6. The molecule has 2 rings (SSSR count). The minimum absolute atomic E-state index is 0.00785. The quantitative estimate of drug-likeness (QED) is 0.472. The molecule has 0 amide bonds. The summed E-state index contributed by atoms with van der Waals surface area (Å²) in [6.45, 7) is 2.23. The van der Waals surface area contributed by atoms with Gasteiger partial charge >= 0.3 is 0 Å². The van der Waals surface area contributed by atoms with Crippen molar-refractivity contribution < 1.29 is 4.79 Å². The third-order valence-corrected chi connectivity index (χ3v) is 3.54. The van der Waals surface area contributed by atoms with E-state index in [0.717, 1.165) is 18.4 Å². The van der Waals surface area contributed by atoms with Crippen molar-refractivity contribution in [3.8, 4) is 0 Å². The first-order valence-electron chi connectivity index (χ1n) is 7.27. The van der Waals surface area contributed by atoms with Gasteiger partial charge in [-0.2, -0.15) is 0 Å². The zero-order chi connectivity index (χ0) is 13.5. The van der Waals surface area contributed by atoms with E-state index in [4.69, 9.17) is 0 Å². The summed E-state index contributed by atoms with van der Waals surface area (Å²) in [5.41, 5.74) is 1.87. The second kappa shape index (κ2) is 7.12. The van der Waals surface area contributed by atoms with Crippen molar-refractivity contribution in [1.82, 2.24) is 0 Å². The summed E-state index contributed by atoms with van der Waals surface area (Å²) < 4.78 is 0. The number of hydrogen-bond acceptors (Lipinski definition) is 4. The first-order valence-corrected chi connectivity index (χ1v) is 7.27. The number of rotatable bonds is 8. The topological polar surface area (TPSA) is 54.1 Å². The highest BCUT2D eigenvalue weighted by Crippen LogP contribution is 2.22. The molecule has 0 saturated heterocycles. The van der Waals surface area contributed by atoms with Crippen molar-refractivity contribution >= 4 is 11.5 Å². The van der Waals surface area contributed by atoms with E-state index in [1.807, 2.05) is 12.2 Å². The van der Waals surface area contributed by atoms with Gasteiger partial charge in [0, 0.05) is 5.57 Å². The Bertz CT molecular complexity index is 458. The van der Waals surface area contributed by atoms with Crippen molar-refractivity contribution in [3.05, 3.63) is 23.4 Å². The molecule has 4 heteroatoms. The normalized spacial score (nSPS) is 17.1. The fourth-order valence-electron chi connectivity index (χ4n) is 2.36. The van der Waals surface area contributed by atoms with Crippen LogP contribution < -0.4 is 0 Å². The molecule has 102 valence electrons. The molecular weight excluding hydrogens is 238 g/mol. The van der Waals surface area contributed by atoms with Gasteiger partial charge in [0.2, 0.25) is 5.78 Å². The lowest BCUT2D eigenvalue weighted by Gasteiger charge is -2.09. The van der Waals surface area contributed by atoms with Crippen LogP contribution in [-0.4, -0.2) is 11.5 Å². The van der Waals surface area contributed by atoms with E-state index in [2.05, 4.69) is 22.4 Å².